The summed E-state index contributed by atoms with van der Waals surface area (Å²) in [5, 5.41) is 9.35. The van der Waals surface area contributed by atoms with E-state index in [-0.39, 0.29) is 24.4 Å². The van der Waals surface area contributed by atoms with Gasteiger partial charge in [-0.1, -0.05) is 0 Å². The number of aromatic nitrogens is 2. The number of carbonyl (C=O) groups is 1. The van der Waals surface area contributed by atoms with Gasteiger partial charge in [-0.05, 0) is 27.7 Å². The molecule has 0 aliphatic carbocycles. The number of nitrogens with zero attached hydrogens (tertiary/aromatic N) is 1. The van der Waals surface area contributed by atoms with Crippen LogP contribution in [0.15, 0.2) is 15.8 Å². The molecule has 0 amide bonds. The van der Waals surface area contributed by atoms with Crippen LogP contribution in [0, 0.1) is 0 Å². The maximum absolute atomic E-state index is 12.4. The standard InChI is InChI=1S/C18H28N2O8/c1-9(2)25-8-13-14(26-10(3)4)15(27-11(5)22)17(28-13)20-6-12(7-21)16(23)19-18(20)24/h6,9-10,13-15,17,21H,7-8H2,1-5H3,(H,19,23,24)/t13-,14?,15+,17-/m1/s1. The third-order valence-electron chi connectivity index (χ3n) is 4.10. The Morgan fingerprint density at radius 2 is 1.93 bits per heavy atom. The van der Waals surface area contributed by atoms with Gasteiger partial charge in [0.25, 0.3) is 5.56 Å². The number of nitrogens with one attached hydrogen (secondary N) is 1. The van der Waals surface area contributed by atoms with Gasteiger partial charge in [-0.25, -0.2) is 4.79 Å². The summed E-state index contributed by atoms with van der Waals surface area (Å²) in [6, 6.07) is 0. The number of H-pyrrole nitrogens is 1. The topological polar surface area (TPSA) is 129 Å². The van der Waals surface area contributed by atoms with E-state index in [4.69, 9.17) is 18.9 Å². The summed E-state index contributed by atoms with van der Waals surface area (Å²) in [5.41, 5.74) is -1.47. The minimum absolute atomic E-state index is 0.0204. The van der Waals surface area contributed by atoms with Crippen molar-refractivity contribution in [3.8, 4) is 0 Å². The van der Waals surface area contributed by atoms with Crippen molar-refractivity contribution in [1.29, 1.82) is 0 Å². The highest BCUT2D eigenvalue weighted by Crippen LogP contribution is 2.34. The van der Waals surface area contributed by atoms with Gasteiger partial charge in [-0.2, -0.15) is 0 Å². The Kier molecular flexibility index (Phi) is 7.53. The average molecular weight is 400 g/mol. The summed E-state index contributed by atoms with van der Waals surface area (Å²) in [5.74, 6) is -0.568. The first-order chi connectivity index (χ1) is 13.1. The smallest absolute Gasteiger partial charge is 0.330 e. The first-order valence-electron chi connectivity index (χ1n) is 9.19. The van der Waals surface area contributed by atoms with Crippen molar-refractivity contribution in [1.82, 2.24) is 9.55 Å². The molecule has 1 unspecified atom stereocenters. The molecule has 28 heavy (non-hydrogen) atoms. The van der Waals surface area contributed by atoms with Gasteiger partial charge in [0.1, 0.15) is 12.2 Å². The van der Waals surface area contributed by atoms with E-state index in [1.807, 2.05) is 27.7 Å². The largest absolute Gasteiger partial charge is 0.455 e. The summed E-state index contributed by atoms with van der Waals surface area (Å²) >= 11 is 0. The second-order valence-electron chi connectivity index (χ2n) is 7.15. The van der Waals surface area contributed by atoms with Gasteiger partial charge >= 0.3 is 11.7 Å². The van der Waals surface area contributed by atoms with Gasteiger partial charge in [-0.15, -0.1) is 0 Å². The summed E-state index contributed by atoms with van der Waals surface area (Å²) in [6.45, 7) is 8.24. The minimum Gasteiger partial charge on any atom is -0.455 e. The van der Waals surface area contributed by atoms with Gasteiger partial charge in [-0.3, -0.25) is 19.1 Å². The molecule has 1 aromatic heterocycles. The Labute approximate surface area is 162 Å². The number of aliphatic hydroxyl groups excluding tert-OH is 1. The molecule has 1 fully saturated rings. The van der Waals surface area contributed by atoms with Crippen LogP contribution < -0.4 is 11.2 Å². The lowest BCUT2D eigenvalue weighted by molar-refractivity contribution is -0.159. The number of ether oxygens (including phenoxy) is 4. The third kappa shape index (κ3) is 5.28. The van der Waals surface area contributed by atoms with Gasteiger partial charge in [0, 0.05) is 13.1 Å². The van der Waals surface area contributed by atoms with Crippen LogP contribution in [0.25, 0.3) is 0 Å². The monoisotopic (exact) mass is 400 g/mol. The van der Waals surface area contributed by atoms with Crippen molar-refractivity contribution in [2.75, 3.05) is 6.61 Å². The molecule has 158 valence electrons. The van der Waals surface area contributed by atoms with Crippen LogP contribution in [0.1, 0.15) is 46.4 Å². The highest BCUT2D eigenvalue weighted by molar-refractivity contribution is 5.66. The van der Waals surface area contributed by atoms with Crippen LogP contribution >= 0.6 is 0 Å². The number of carbonyl (C=O) groups excluding carboxylic acids is 1. The molecule has 10 heteroatoms. The Balaban J connectivity index is 2.46. The molecule has 0 radical (unpaired) electrons. The highest BCUT2D eigenvalue weighted by Gasteiger charge is 2.49. The molecule has 1 saturated heterocycles. The lowest BCUT2D eigenvalue weighted by Crippen LogP contribution is -2.43. The zero-order valence-electron chi connectivity index (χ0n) is 16.7. The van der Waals surface area contributed by atoms with Crippen LogP contribution in [0.3, 0.4) is 0 Å². The van der Waals surface area contributed by atoms with Crippen molar-refractivity contribution in [3.05, 3.63) is 32.6 Å². The lowest BCUT2D eigenvalue weighted by Gasteiger charge is -2.26. The van der Waals surface area contributed by atoms with E-state index >= 15 is 0 Å². The average Bonchev–Trinajstić information content (AvgIpc) is 2.89. The number of hydrogen-bond donors (Lipinski definition) is 2. The van der Waals surface area contributed by atoms with Crippen LogP contribution in [0.2, 0.25) is 0 Å². The predicted octanol–water partition coefficient (Wildman–Crippen LogP) is 0.0766. The van der Waals surface area contributed by atoms with Gasteiger partial charge in [0.2, 0.25) is 0 Å². The Morgan fingerprint density at radius 3 is 2.46 bits per heavy atom. The Morgan fingerprint density at radius 1 is 1.25 bits per heavy atom. The van der Waals surface area contributed by atoms with Crippen LogP contribution in [0.5, 0.6) is 0 Å². The second-order valence-corrected chi connectivity index (χ2v) is 7.15. The predicted molar refractivity (Wildman–Crippen MR) is 97.8 cm³/mol. The van der Waals surface area contributed by atoms with Crippen molar-refractivity contribution < 1.29 is 28.8 Å². The number of aliphatic hydroxyl groups is 1. The molecule has 2 rings (SSSR count). The van der Waals surface area contributed by atoms with Crippen molar-refractivity contribution in [3.63, 3.8) is 0 Å². The first kappa shape index (κ1) is 22.3. The van der Waals surface area contributed by atoms with Crippen LogP contribution in [0.4, 0.5) is 0 Å². The molecular formula is C18H28N2O8. The lowest BCUT2D eigenvalue weighted by atomic mass is 10.1. The summed E-state index contributed by atoms with van der Waals surface area (Å²) < 4.78 is 24.1. The SMILES string of the molecule is CC(=O)O[C@H]1C(OC(C)C)[C@@H](COC(C)C)O[C@H]1n1cc(CO)c(=O)[nH]c1=O. The molecule has 1 aromatic rings. The zero-order valence-corrected chi connectivity index (χ0v) is 16.7. The maximum atomic E-state index is 12.4. The number of rotatable bonds is 8. The van der Waals surface area contributed by atoms with Crippen LogP contribution in [-0.2, 0) is 30.3 Å². The molecule has 10 nitrogen and oxygen atoms in total. The molecule has 0 bridgehead atoms. The third-order valence-corrected chi connectivity index (χ3v) is 4.10. The van der Waals surface area contributed by atoms with E-state index in [2.05, 4.69) is 4.98 Å². The Hall–Kier alpha value is -2.01. The van der Waals surface area contributed by atoms with Gasteiger partial charge in [0.05, 0.1) is 31.0 Å². The van der Waals surface area contributed by atoms with E-state index in [1.54, 1.807) is 0 Å². The quantitative estimate of drug-likeness (QED) is 0.587. The first-order valence-corrected chi connectivity index (χ1v) is 9.19. The van der Waals surface area contributed by atoms with Crippen molar-refractivity contribution in [2.24, 2.45) is 0 Å². The fraction of sp³-hybridized carbons (Fsp3) is 0.722. The van der Waals surface area contributed by atoms with Crippen molar-refractivity contribution >= 4 is 5.97 Å². The maximum Gasteiger partial charge on any atom is 0.330 e. The van der Waals surface area contributed by atoms with Crippen LogP contribution in [-0.4, -0.2) is 57.8 Å². The molecule has 2 heterocycles. The zero-order chi connectivity index (χ0) is 21.0. The summed E-state index contributed by atoms with van der Waals surface area (Å²) in [4.78, 5) is 37.9. The van der Waals surface area contributed by atoms with E-state index < -0.39 is 48.4 Å². The number of aromatic amines is 1. The van der Waals surface area contributed by atoms with E-state index in [0.717, 1.165) is 4.57 Å². The summed E-state index contributed by atoms with van der Waals surface area (Å²) in [7, 11) is 0. The molecule has 2 N–H and O–H groups in total. The fourth-order valence-electron chi connectivity index (χ4n) is 2.98. The van der Waals surface area contributed by atoms with E-state index in [9.17, 15) is 19.5 Å². The Bertz CT molecular complexity index is 785. The highest BCUT2D eigenvalue weighted by atomic mass is 16.6. The fourth-order valence-corrected chi connectivity index (χ4v) is 2.98. The molecular weight excluding hydrogens is 372 g/mol. The molecule has 4 atom stereocenters. The van der Waals surface area contributed by atoms with E-state index in [1.165, 1.54) is 13.1 Å². The molecule has 1 aliphatic heterocycles. The number of esters is 1. The molecule has 0 aromatic carbocycles. The van der Waals surface area contributed by atoms with E-state index in [0.29, 0.717) is 0 Å². The summed E-state index contributed by atoms with van der Waals surface area (Å²) in [6.07, 6.45) is -2.38. The molecule has 0 saturated carbocycles. The minimum atomic E-state index is -1.05. The number of hydrogen-bond acceptors (Lipinski definition) is 8. The normalized spacial score (nSPS) is 24.9. The molecule has 0 spiro atoms. The molecule has 1 aliphatic rings. The second kappa shape index (κ2) is 9.46. The van der Waals surface area contributed by atoms with Crippen molar-refractivity contribution in [2.45, 2.75) is 78.0 Å². The van der Waals surface area contributed by atoms with Gasteiger partial charge in [0.15, 0.2) is 12.3 Å². The van der Waals surface area contributed by atoms with Gasteiger partial charge < -0.3 is 24.1 Å².